The van der Waals surface area contributed by atoms with Gasteiger partial charge in [0, 0.05) is 28.4 Å². The lowest BCUT2D eigenvalue weighted by atomic mass is 9.80. The third-order valence-corrected chi connectivity index (χ3v) is 7.40. The first kappa shape index (κ1) is 24.0. The van der Waals surface area contributed by atoms with Gasteiger partial charge in [-0.2, -0.15) is 5.26 Å². The summed E-state index contributed by atoms with van der Waals surface area (Å²) in [5.41, 5.74) is 8.28. The van der Waals surface area contributed by atoms with Crippen LogP contribution >= 0.6 is 0 Å². The highest BCUT2D eigenvalue weighted by molar-refractivity contribution is 6.22. The van der Waals surface area contributed by atoms with Crippen molar-refractivity contribution in [1.82, 2.24) is 4.57 Å². The molecule has 1 aliphatic carbocycles. The van der Waals surface area contributed by atoms with Crippen LogP contribution in [0.5, 0.6) is 0 Å². The molecule has 1 aliphatic rings. The number of para-hydroxylation sites is 1. The summed E-state index contributed by atoms with van der Waals surface area (Å²) in [7, 11) is 0. The van der Waals surface area contributed by atoms with Crippen molar-refractivity contribution in [2.75, 3.05) is 13.2 Å². The van der Waals surface area contributed by atoms with Gasteiger partial charge in [0.1, 0.15) is 6.07 Å². The van der Waals surface area contributed by atoms with E-state index in [1.54, 1.807) is 6.92 Å². The van der Waals surface area contributed by atoms with Gasteiger partial charge in [0.25, 0.3) is 0 Å². The van der Waals surface area contributed by atoms with E-state index in [2.05, 4.69) is 47.0 Å². The van der Waals surface area contributed by atoms with Gasteiger partial charge in [-0.15, -0.1) is 0 Å². The van der Waals surface area contributed by atoms with E-state index in [1.165, 1.54) is 5.56 Å². The molecule has 0 atom stereocenters. The van der Waals surface area contributed by atoms with Crippen LogP contribution in [0.15, 0.2) is 78.9 Å². The van der Waals surface area contributed by atoms with Crippen LogP contribution in [0.1, 0.15) is 39.5 Å². The van der Waals surface area contributed by atoms with Gasteiger partial charge in [0.15, 0.2) is 0 Å². The fourth-order valence-electron chi connectivity index (χ4n) is 5.83. The summed E-state index contributed by atoms with van der Waals surface area (Å²) in [5, 5.41) is 12.1. The smallest absolute Gasteiger partial charge is 0.340 e. The minimum atomic E-state index is -0.445. The number of aryl methyl sites for hydroxylation is 1. The van der Waals surface area contributed by atoms with E-state index in [9.17, 15) is 10.1 Å². The molecule has 0 bridgehead atoms. The van der Waals surface area contributed by atoms with Crippen molar-refractivity contribution in [2.45, 2.75) is 32.9 Å². The Morgan fingerprint density at radius 1 is 0.974 bits per heavy atom. The summed E-state index contributed by atoms with van der Waals surface area (Å²) in [6.07, 6.45) is 1.52. The van der Waals surface area contributed by atoms with Gasteiger partial charge in [0.05, 0.1) is 36.5 Å². The van der Waals surface area contributed by atoms with E-state index in [-0.39, 0.29) is 6.61 Å². The third kappa shape index (κ3) is 3.95. The zero-order chi connectivity index (χ0) is 26.1. The monoisotopic (exact) mass is 500 g/mol. The van der Waals surface area contributed by atoms with Gasteiger partial charge in [-0.25, -0.2) is 4.79 Å². The van der Waals surface area contributed by atoms with Crippen LogP contribution in [0.25, 0.3) is 32.9 Å². The number of hydrogen-bond donors (Lipinski definition) is 0. The number of esters is 1. The zero-order valence-electron chi connectivity index (χ0n) is 21.4. The van der Waals surface area contributed by atoms with Gasteiger partial charge in [-0.3, -0.25) is 0 Å². The highest BCUT2D eigenvalue weighted by atomic mass is 16.5. The van der Waals surface area contributed by atoms with Crippen LogP contribution < -0.4 is 0 Å². The number of benzene rings is 4. The minimum Gasteiger partial charge on any atom is -0.462 e. The third-order valence-electron chi connectivity index (χ3n) is 7.40. The van der Waals surface area contributed by atoms with E-state index in [4.69, 9.17) is 9.47 Å². The lowest BCUT2D eigenvalue weighted by molar-refractivity contribution is 0.0528. The van der Waals surface area contributed by atoms with Crippen molar-refractivity contribution in [2.24, 2.45) is 0 Å². The number of ether oxygens (including phenoxy) is 2. The van der Waals surface area contributed by atoms with Crippen molar-refractivity contribution >= 4 is 27.8 Å². The molecular formula is C33H28N2O3. The summed E-state index contributed by atoms with van der Waals surface area (Å²) in [6.45, 7) is 3.69. The molecule has 0 aliphatic heterocycles. The quantitative estimate of drug-likeness (QED) is 0.182. The normalized spacial score (nSPS) is 12.2. The second-order valence-corrected chi connectivity index (χ2v) is 9.52. The number of nitriles is 1. The maximum Gasteiger partial charge on any atom is 0.340 e. The molecule has 5 heteroatoms. The van der Waals surface area contributed by atoms with E-state index in [0.717, 1.165) is 50.5 Å². The van der Waals surface area contributed by atoms with E-state index < -0.39 is 5.97 Å². The van der Waals surface area contributed by atoms with Crippen LogP contribution in [0.3, 0.4) is 0 Å². The first-order chi connectivity index (χ1) is 18.7. The second kappa shape index (κ2) is 10.2. The number of aromatic nitrogens is 1. The van der Waals surface area contributed by atoms with Crippen LogP contribution in [-0.4, -0.2) is 23.8 Å². The molecule has 0 unspecified atom stereocenters. The van der Waals surface area contributed by atoms with Gasteiger partial charge < -0.3 is 14.0 Å². The lowest BCUT2D eigenvalue weighted by Gasteiger charge is -2.24. The van der Waals surface area contributed by atoms with Crippen LogP contribution in [0.4, 0.5) is 0 Å². The first-order valence-electron chi connectivity index (χ1n) is 13.1. The average molecular weight is 501 g/mol. The molecule has 6 rings (SSSR count). The van der Waals surface area contributed by atoms with E-state index in [0.29, 0.717) is 37.3 Å². The van der Waals surface area contributed by atoms with Gasteiger partial charge in [-0.1, -0.05) is 72.8 Å². The van der Waals surface area contributed by atoms with Gasteiger partial charge in [0.2, 0.25) is 0 Å². The van der Waals surface area contributed by atoms with Gasteiger partial charge >= 0.3 is 5.97 Å². The lowest BCUT2D eigenvalue weighted by Crippen LogP contribution is -2.15. The predicted molar refractivity (Wildman–Crippen MR) is 149 cm³/mol. The topological polar surface area (TPSA) is 64.2 Å². The van der Waals surface area contributed by atoms with E-state index >= 15 is 0 Å². The zero-order valence-corrected chi connectivity index (χ0v) is 21.4. The summed E-state index contributed by atoms with van der Waals surface area (Å²) in [6, 6.07) is 29.0. The number of carbonyl (C=O) groups is 1. The van der Waals surface area contributed by atoms with Crippen LogP contribution in [0, 0.1) is 11.3 Å². The molecule has 0 saturated heterocycles. The molecule has 1 aromatic heterocycles. The molecule has 188 valence electrons. The molecule has 0 amide bonds. The Kier molecular flexibility index (Phi) is 6.41. The largest absolute Gasteiger partial charge is 0.462 e. The van der Waals surface area contributed by atoms with E-state index in [1.807, 2.05) is 42.5 Å². The molecule has 4 aromatic carbocycles. The number of rotatable bonds is 7. The highest BCUT2D eigenvalue weighted by Gasteiger charge is 2.31. The van der Waals surface area contributed by atoms with Crippen molar-refractivity contribution in [1.29, 1.82) is 5.26 Å². The molecule has 5 nitrogen and oxygen atoms in total. The van der Waals surface area contributed by atoms with Crippen molar-refractivity contribution in [3.63, 3.8) is 0 Å². The Morgan fingerprint density at radius 3 is 2.55 bits per heavy atom. The first-order valence-corrected chi connectivity index (χ1v) is 13.1. The standard InChI is InChI=1S/C33H28N2O3/c1-2-38-33(36)31-27(20-34)25-17-16-23-12-6-7-13-24(23)29(25)32-30(31)26-14-8-9-15-28(26)35(32)18-19-37-21-22-10-4-3-5-11-22/h3-15H,2,16-19,21H2,1H3. The molecule has 0 N–H and O–H groups in total. The maximum atomic E-state index is 13.4. The number of carbonyl (C=O) groups excluding carboxylic acids is 1. The molecule has 1 heterocycles. The number of hydrogen-bond acceptors (Lipinski definition) is 4. The Morgan fingerprint density at radius 2 is 1.74 bits per heavy atom. The molecule has 0 spiro atoms. The number of fused-ring (bicyclic) bond motifs is 7. The van der Waals surface area contributed by atoms with Crippen molar-refractivity contribution in [3.05, 3.63) is 107 Å². The summed E-state index contributed by atoms with van der Waals surface area (Å²) < 4.78 is 13.9. The molecule has 5 aromatic rings. The Balaban J connectivity index is 1.60. The predicted octanol–water partition coefficient (Wildman–Crippen LogP) is 6.83. The Labute approximate surface area is 221 Å². The molecule has 38 heavy (non-hydrogen) atoms. The number of nitrogens with zero attached hydrogens (tertiary/aromatic N) is 2. The highest BCUT2D eigenvalue weighted by Crippen LogP contribution is 2.46. The summed E-state index contributed by atoms with van der Waals surface area (Å²) in [4.78, 5) is 13.4. The summed E-state index contributed by atoms with van der Waals surface area (Å²) in [5.74, 6) is -0.445. The fourth-order valence-corrected chi connectivity index (χ4v) is 5.83. The fraction of sp³-hybridized carbons (Fsp3) is 0.212. The van der Waals surface area contributed by atoms with Crippen LogP contribution in [0.2, 0.25) is 0 Å². The Hall–Kier alpha value is -4.40. The molecule has 0 saturated carbocycles. The SMILES string of the molecule is CCOC(=O)c1c(C#N)c2c(c3c1c1ccccc1n3CCOCc1ccccc1)-c1ccccc1CC2. The van der Waals surface area contributed by atoms with Crippen molar-refractivity contribution in [3.8, 4) is 17.2 Å². The molecule has 0 fully saturated rings. The summed E-state index contributed by atoms with van der Waals surface area (Å²) >= 11 is 0. The average Bonchev–Trinajstić information content (AvgIpc) is 3.28. The minimum absolute atomic E-state index is 0.247. The molecular weight excluding hydrogens is 472 g/mol. The maximum absolute atomic E-state index is 13.4. The van der Waals surface area contributed by atoms with Crippen molar-refractivity contribution < 1.29 is 14.3 Å². The van der Waals surface area contributed by atoms with Gasteiger partial charge in [-0.05, 0) is 48.1 Å². The molecule has 0 radical (unpaired) electrons. The Bertz CT molecular complexity index is 1710. The second-order valence-electron chi connectivity index (χ2n) is 9.52. The van der Waals surface area contributed by atoms with Crippen LogP contribution in [-0.2, 0) is 35.5 Å².